The summed E-state index contributed by atoms with van der Waals surface area (Å²) in [6, 6.07) is 4.66. The number of hydrogen-bond acceptors (Lipinski definition) is 2. The molecule has 104 valence electrons. The minimum Gasteiger partial charge on any atom is -0.342 e. The van der Waals surface area contributed by atoms with Gasteiger partial charge in [0, 0.05) is 12.0 Å². The summed E-state index contributed by atoms with van der Waals surface area (Å²) < 4.78 is 0. The number of imidazole rings is 1. The van der Waals surface area contributed by atoms with Crippen LogP contribution in [-0.2, 0) is 0 Å². The van der Waals surface area contributed by atoms with E-state index in [2.05, 4.69) is 44.8 Å². The Balaban J connectivity index is 2.12. The third-order valence-electron chi connectivity index (χ3n) is 3.88. The first-order chi connectivity index (χ1) is 8.97. The molecule has 0 bridgehead atoms. The highest BCUT2D eigenvalue weighted by atomic mass is 14.9. The van der Waals surface area contributed by atoms with E-state index in [0.717, 1.165) is 36.1 Å². The molecule has 0 saturated carbocycles. The minimum atomic E-state index is 0.299. The van der Waals surface area contributed by atoms with E-state index in [-0.39, 0.29) is 0 Å². The van der Waals surface area contributed by atoms with E-state index in [1.807, 2.05) is 0 Å². The maximum Gasteiger partial charge on any atom is 0.110 e. The number of nitrogens with zero attached hydrogens (tertiary/aromatic N) is 1. The Morgan fingerprint density at radius 1 is 1.16 bits per heavy atom. The lowest BCUT2D eigenvalue weighted by atomic mass is 10.0. The van der Waals surface area contributed by atoms with E-state index < -0.39 is 0 Å². The van der Waals surface area contributed by atoms with Gasteiger partial charge in [-0.2, -0.15) is 0 Å². The van der Waals surface area contributed by atoms with E-state index >= 15 is 0 Å². The fourth-order valence-corrected chi connectivity index (χ4v) is 2.41. The number of benzene rings is 1. The summed E-state index contributed by atoms with van der Waals surface area (Å²) in [5, 5.41) is 0. The van der Waals surface area contributed by atoms with Crippen molar-refractivity contribution in [2.24, 2.45) is 5.73 Å². The number of aryl methyl sites for hydroxylation is 2. The van der Waals surface area contributed by atoms with E-state index in [4.69, 9.17) is 10.7 Å². The first-order valence-electron chi connectivity index (χ1n) is 7.20. The smallest absolute Gasteiger partial charge is 0.110 e. The Bertz CT molecular complexity index is 515. The normalized spacial score (nSPS) is 14.8. The Kier molecular flexibility index (Phi) is 4.25. The number of nitrogens with one attached hydrogen (secondary N) is 1. The number of fused-ring (bicyclic) bond motifs is 1. The molecule has 2 atom stereocenters. The molecule has 19 heavy (non-hydrogen) atoms. The fourth-order valence-electron chi connectivity index (χ4n) is 2.41. The van der Waals surface area contributed by atoms with E-state index in [0.29, 0.717) is 12.0 Å². The summed E-state index contributed by atoms with van der Waals surface area (Å²) in [5.74, 6) is 1.57. The second-order valence-corrected chi connectivity index (χ2v) is 5.88. The van der Waals surface area contributed by atoms with Gasteiger partial charge in [0.2, 0.25) is 0 Å². The molecule has 2 unspecified atom stereocenters. The van der Waals surface area contributed by atoms with Crippen molar-refractivity contribution in [2.75, 3.05) is 0 Å². The summed E-state index contributed by atoms with van der Waals surface area (Å²) in [7, 11) is 0. The first-order valence-corrected chi connectivity index (χ1v) is 7.20. The number of aromatic amines is 1. The molecule has 2 aromatic rings. The predicted molar refractivity (Wildman–Crippen MR) is 81.5 cm³/mol. The van der Waals surface area contributed by atoms with Crippen LogP contribution in [0.15, 0.2) is 12.1 Å². The van der Waals surface area contributed by atoms with Crippen LogP contribution in [0.2, 0.25) is 0 Å². The molecular formula is C16H25N3. The van der Waals surface area contributed by atoms with Crippen LogP contribution < -0.4 is 5.73 Å². The molecule has 0 spiro atoms. The van der Waals surface area contributed by atoms with Gasteiger partial charge >= 0.3 is 0 Å². The zero-order valence-corrected chi connectivity index (χ0v) is 12.5. The third-order valence-corrected chi connectivity index (χ3v) is 3.88. The van der Waals surface area contributed by atoms with E-state index in [9.17, 15) is 0 Å². The fraction of sp³-hybridized carbons (Fsp3) is 0.562. The second kappa shape index (κ2) is 5.74. The van der Waals surface area contributed by atoms with Gasteiger partial charge in [-0.1, -0.05) is 13.3 Å². The number of hydrogen-bond donors (Lipinski definition) is 2. The quantitative estimate of drug-likeness (QED) is 0.858. The molecule has 0 fully saturated rings. The molecule has 0 radical (unpaired) electrons. The van der Waals surface area contributed by atoms with E-state index in [1.54, 1.807) is 0 Å². The highest BCUT2D eigenvalue weighted by Crippen LogP contribution is 2.24. The zero-order valence-electron chi connectivity index (χ0n) is 12.5. The molecule has 0 amide bonds. The standard InChI is InChI=1S/C16H25N3/c1-10(6-5-7-13(4)17)16-18-14-8-11(2)12(3)9-15(14)19-16/h8-10,13H,5-7,17H2,1-4H3,(H,18,19). The molecule has 2 rings (SSSR count). The molecule has 1 aromatic heterocycles. The van der Waals surface area contributed by atoms with Gasteiger partial charge in [-0.05, 0) is 56.9 Å². The van der Waals surface area contributed by atoms with Crippen LogP contribution in [0.3, 0.4) is 0 Å². The van der Waals surface area contributed by atoms with E-state index in [1.165, 1.54) is 11.1 Å². The molecular weight excluding hydrogens is 234 g/mol. The van der Waals surface area contributed by atoms with Crippen LogP contribution in [0.5, 0.6) is 0 Å². The van der Waals surface area contributed by atoms with Crippen molar-refractivity contribution < 1.29 is 0 Å². The summed E-state index contributed by atoms with van der Waals surface area (Å²) in [4.78, 5) is 8.18. The van der Waals surface area contributed by atoms with Crippen molar-refractivity contribution in [2.45, 2.75) is 58.9 Å². The SMILES string of the molecule is Cc1cc2nc(C(C)CCCC(C)N)[nH]c2cc1C. The molecule has 0 aliphatic carbocycles. The molecule has 1 aromatic carbocycles. The summed E-state index contributed by atoms with van der Waals surface area (Å²) in [6.07, 6.45) is 3.38. The Morgan fingerprint density at radius 2 is 1.84 bits per heavy atom. The third kappa shape index (κ3) is 3.35. The average molecular weight is 259 g/mol. The van der Waals surface area contributed by atoms with Gasteiger partial charge in [0.05, 0.1) is 11.0 Å². The van der Waals surface area contributed by atoms with Crippen LogP contribution >= 0.6 is 0 Å². The summed E-state index contributed by atoms with van der Waals surface area (Å²) >= 11 is 0. The molecule has 3 nitrogen and oxygen atoms in total. The minimum absolute atomic E-state index is 0.299. The van der Waals surface area contributed by atoms with Crippen LogP contribution in [-0.4, -0.2) is 16.0 Å². The van der Waals surface area contributed by atoms with Crippen molar-refractivity contribution in [3.63, 3.8) is 0 Å². The lowest BCUT2D eigenvalue weighted by Gasteiger charge is -2.09. The highest BCUT2D eigenvalue weighted by molar-refractivity contribution is 5.77. The highest BCUT2D eigenvalue weighted by Gasteiger charge is 2.11. The Labute approximate surface area is 115 Å². The van der Waals surface area contributed by atoms with Gasteiger partial charge in [-0.3, -0.25) is 0 Å². The first kappa shape index (κ1) is 14.1. The zero-order chi connectivity index (χ0) is 14.0. The Hall–Kier alpha value is -1.35. The summed E-state index contributed by atoms with van der Waals surface area (Å²) in [6.45, 7) is 8.58. The van der Waals surface area contributed by atoms with Gasteiger partial charge in [0.1, 0.15) is 5.82 Å². The van der Waals surface area contributed by atoms with Crippen LogP contribution in [0, 0.1) is 13.8 Å². The lowest BCUT2D eigenvalue weighted by molar-refractivity contribution is 0.546. The average Bonchev–Trinajstić information content (AvgIpc) is 2.72. The molecule has 3 N–H and O–H groups in total. The maximum atomic E-state index is 5.79. The molecule has 0 saturated heterocycles. The number of aromatic nitrogens is 2. The monoisotopic (exact) mass is 259 g/mol. The van der Waals surface area contributed by atoms with Crippen LogP contribution in [0.4, 0.5) is 0 Å². The van der Waals surface area contributed by atoms with Crippen molar-refractivity contribution in [3.05, 3.63) is 29.1 Å². The van der Waals surface area contributed by atoms with Crippen molar-refractivity contribution in [1.82, 2.24) is 9.97 Å². The van der Waals surface area contributed by atoms with Gasteiger partial charge in [-0.25, -0.2) is 4.98 Å². The van der Waals surface area contributed by atoms with Gasteiger partial charge in [0.25, 0.3) is 0 Å². The van der Waals surface area contributed by atoms with Gasteiger partial charge < -0.3 is 10.7 Å². The van der Waals surface area contributed by atoms with Crippen LogP contribution in [0.1, 0.15) is 56.0 Å². The topological polar surface area (TPSA) is 54.7 Å². The number of nitrogens with two attached hydrogens (primary N) is 1. The Morgan fingerprint density at radius 3 is 2.53 bits per heavy atom. The molecule has 0 aliphatic heterocycles. The van der Waals surface area contributed by atoms with Crippen molar-refractivity contribution in [1.29, 1.82) is 0 Å². The predicted octanol–water partition coefficient (Wildman–Crippen LogP) is 3.80. The maximum absolute atomic E-state index is 5.79. The summed E-state index contributed by atoms with van der Waals surface area (Å²) in [5.41, 5.74) is 10.6. The van der Waals surface area contributed by atoms with Gasteiger partial charge in [0.15, 0.2) is 0 Å². The number of H-pyrrole nitrogens is 1. The van der Waals surface area contributed by atoms with Crippen molar-refractivity contribution >= 4 is 11.0 Å². The largest absolute Gasteiger partial charge is 0.342 e. The molecule has 0 aliphatic rings. The van der Waals surface area contributed by atoms with Crippen LogP contribution in [0.25, 0.3) is 11.0 Å². The molecule has 1 heterocycles. The number of rotatable bonds is 5. The second-order valence-electron chi connectivity index (χ2n) is 5.88. The van der Waals surface area contributed by atoms with Gasteiger partial charge in [-0.15, -0.1) is 0 Å². The van der Waals surface area contributed by atoms with Crippen molar-refractivity contribution in [3.8, 4) is 0 Å². The lowest BCUT2D eigenvalue weighted by Crippen LogP contribution is -2.14. The molecule has 3 heteroatoms.